The number of rotatable bonds is 3. The molecule has 0 aliphatic carbocycles. The van der Waals surface area contributed by atoms with E-state index in [0.29, 0.717) is 10.2 Å². The van der Waals surface area contributed by atoms with Crippen molar-refractivity contribution >= 4 is 37.8 Å². The fourth-order valence-electron chi connectivity index (χ4n) is 1.17. The molecule has 0 atom stereocenters. The average molecular weight is 374 g/mol. The SMILES string of the molecule is O=C(O)c1ccc(Br)c(Oc2ncc(Br)cn2)c1. The largest absolute Gasteiger partial charge is 0.478 e. The van der Waals surface area contributed by atoms with Gasteiger partial charge in [-0.1, -0.05) is 0 Å². The molecular formula is C11H6Br2N2O3. The first-order valence-corrected chi connectivity index (χ1v) is 6.33. The van der Waals surface area contributed by atoms with Gasteiger partial charge in [0, 0.05) is 12.4 Å². The predicted molar refractivity (Wildman–Crippen MR) is 70.9 cm³/mol. The number of halogens is 2. The Morgan fingerprint density at radius 1 is 1.22 bits per heavy atom. The third kappa shape index (κ3) is 3.05. The first kappa shape index (κ1) is 13.0. The molecule has 1 N–H and O–H groups in total. The van der Waals surface area contributed by atoms with Crippen molar-refractivity contribution in [2.45, 2.75) is 0 Å². The molecule has 18 heavy (non-hydrogen) atoms. The van der Waals surface area contributed by atoms with Crippen LogP contribution in [0.5, 0.6) is 11.8 Å². The van der Waals surface area contributed by atoms with Crippen molar-refractivity contribution in [2.24, 2.45) is 0 Å². The summed E-state index contributed by atoms with van der Waals surface area (Å²) in [6, 6.07) is 4.61. The van der Waals surface area contributed by atoms with Crippen molar-refractivity contribution in [1.82, 2.24) is 9.97 Å². The summed E-state index contributed by atoms with van der Waals surface area (Å²) in [6.45, 7) is 0. The van der Waals surface area contributed by atoms with Crippen LogP contribution >= 0.6 is 31.9 Å². The molecule has 1 aromatic heterocycles. The molecule has 0 aliphatic heterocycles. The van der Waals surface area contributed by atoms with Gasteiger partial charge in [0.05, 0.1) is 14.5 Å². The van der Waals surface area contributed by atoms with Crippen LogP contribution < -0.4 is 4.74 Å². The van der Waals surface area contributed by atoms with Crippen LogP contribution in [0.4, 0.5) is 0 Å². The Bertz CT molecular complexity index is 587. The van der Waals surface area contributed by atoms with Crippen molar-refractivity contribution in [3.63, 3.8) is 0 Å². The zero-order valence-electron chi connectivity index (χ0n) is 8.80. The van der Waals surface area contributed by atoms with E-state index in [1.54, 1.807) is 6.07 Å². The van der Waals surface area contributed by atoms with Crippen LogP contribution in [0.3, 0.4) is 0 Å². The molecule has 0 fully saturated rings. The van der Waals surface area contributed by atoms with Gasteiger partial charge in [0.1, 0.15) is 5.75 Å². The fourth-order valence-corrected chi connectivity index (χ4v) is 1.70. The van der Waals surface area contributed by atoms with Crippen LogP contribution in [-0.4, -0.2) is 21.0 Å². The maximum Gasteiger partial charge on any atom is 0.335 e. The summed E-state index contributed by atoms with van der Waals surface area (Å²) in [4.78, 5) is 18.7. The minimum Gasteiger partial charge on any atom is -0.478 e. The summed E-state index contributed by atoms with van der Waals surface area (Å²) in [6.07, 6.45) is 3.08. The number of carbonyl (C=O) groups is 1. The van der Waals surface area contributed by atoms with Crippen LogP contribution in [-0.2, 0) is 0 Å². The van der Waals surface area contributed by atoms with Crippen LogP contribution in [0, 0.1) is 0 Å². The number of aromatic carboxylic acids is 1. The molecule has 0 saturated heterocycles. The van der Waals surface area contributed by atoms with Gasteiger partial charge in [-0.15, -0.1) is 0 Å². The molecule has 1 aromatic carbocycles. The summed E-state index contributed by atoms with van der Waals surface area (Å²) in [5.41, 5.74) is 0.130. The van der Waals surface area contributed by atoms with E-state index in [4.69, 9.17) is 9.84 Å². The first-order chi connectivity index (χ1) is 8.56. The fraction of sp³-hybridized carbons (Fsp3) is 0. The second-order valence-electron chi connectivity index (χ2n) is 3.24. The van der Waals surface area contributed by atoms with E-state index in [2.05, 4.69) is 41.8 Å². The minimum atomic E-state index is -1.02. The highest BCUT2D eigenvalue weighted by Gasteiger charge is 2.10. The predicted octanol–water partition coefficient (Wildman–Crippen LogP) is 3.49. The normalized spacial score (nSPS) is 10.1. The number of nitrogens with zero attached hydrogens (tertiary/aromatic N) is 2. The third-order valence-corrected chi connectivity index (χ3v) is 3.04. The number of hydrogen-bond donors (Lipinski definition) is 1. The molecule has 1 heterocycles. The lowest BCUT2D eigenvalue weighted by Gasteiger charge is -2.06. The molecule has 0 spiro atoms. The van der Waals surface area contributed by atoms with E-state index in [-0.39, 0.29) is 11.6 Å². The quantitative estimate of drug-likeness (QED) is 0.891. The molecule has 2 aromatic rings. The molecular weight excluding hydrogens is 368 g/mol. The minimum absolute atomic E-state index is 0.130. The lowest BCUT2D eigenvalue weighted by molar-refractivity contribution is 0.0696. The zero-order chi connectivity index (χ0) is 13.1. The van der Waals surface area contributed by atoms with Crippen molar-refractivity contribution < 1.29 is 14.6 Å². The van der Waals surface area contributed by atoms with Gasteiger partial charge in [0.25, 0.3) is 0 Å². The molecule has 0 saturated carbocycles. The Balaban J connectivity index is 2.30. The van der Waals surface area contributed by atoms with Gasteiger partial charge < -0.3 is 9.84 Å². The molecule has 92 valence electrons. The van der Waals surface area contributed by atoms with Gasteiger partial charge in [0.2, 0.25) is 0 Å². The highest BCUT2D eigenvalue weighted by Crippen LogP contribution is 2.29. The monoisotopic (exact) mass is 372 g/mol. The summed E-state index contributed by atoms with van der Waals surface area (Å²) in [7, 11) is 0. The summed E-state index contributed by atoms with van der Waals surface area (Å²) < 4.78 is 6.76. The van der Waals surface area contributed by atoms with E-state index in [9.17, 15) is 4.79 Å². The highest BCUT2D eigenvalue weighted by molar-refractivity contribution is 9.10. The Morgan fingerprint density at radius 2 is 1.89 bits per heavy atom. The van der Waals surface area contributed by atoms with Crippen LogP contribution in [0.15, 0.2) is 39.5 Å². The van der Waals surface area contributed by atoms with Crippen LogP contribution in [0.2, 0.25) is 0 Å². The third-order valence-electron chi connectivity index (χ3n) is 1.98. The Morgan fingerprint density at radius 3 is 2.50 bits per heavy atom. The molecule has 0 radical (unpaired) electrons. The molecule has 7 heteroatoms. The smallest absolute Gasteiger partial charge is 0.335 e. The van der Waals surface area contributed by atoms with Crippen LogP contribution in [0.1, 0.15) is 10.4 Å². The second kappa shape index (κ2) is 5.45. The van der Waals surface area contributed by atoms with Crippen molar-refractivity contribution in [2.75, 3.05) is 0 Å². The second-order valence-corrected chi connectivity index (χ2v) is 5.01. The number of hydrogen-bond acceptors (Lipinski definition) is 4. The first-order valence-electron chi connectivity index (χ1n) is 4.74. The van der Waals surface area contributed by atoms with Crippen molar-refractivity contribution in [3.8, 4) is 11.8 Å². The lowest BCUT2D eigenvalue weighted by atomic mass is 10.2. The summed E-state index contributed by atoms with van der Waals surface area (Å²) in [5.74, 6) is -0.679. The van der Waals surface area contributed by atoms with Gasteiger partial charge >= 0.3 is 12.0 Å². The van der Waals surface area contributed by atoms with Crippen molar-refractivity contribution in [1.29, 1.82) is 0 Å². The van der Waals surface area contributed by atoms with Gasteiger partial charge in [-0.3, -0.25) is 0 Å². The van der Waals surface area contributed by atoms with Gasteiger partial charge in [-0.05, 0) is 50.1 Å². The average Bonchev–Trinajstić information content (AvgIpc) is 2.34. The van der Waals surface area contributed by atoms with E-state index in [1.165, 1.54) is 24.5 Å². The molecule has 0 unspecified atom stereocenters. The van der Waals surface area contributed by atoms with E-state index >= 15 is 0 Å². The highest BCUT2D eigenvalue weighted by atomic mass is 79.9. The zero-order valence-corrected chi connectivity index (χ0v) is 12.0. The van der Waals surface area contributed by atoms with Crippen molar-refractivity contribution in [3.05, 3.63) is 45.1 Å². The van der Waals surface area contributed by atoms with E-state index in [1.807, 2.05) is 0 Å². The standard InChI is InChI=1S/C11H6Br2N2O3/c12-7-4-14-11(15-5-7)18-9-3-6(10(16)17)1-2-8(9)13/h1-5H,(H,16,17). The Labute approximate surface area is 119 Å². The maximum absolute atomic E-state index is 10.9. The Kier molecular flexibility index (Phi) is 3.93. The van der Waals surface area contributed by atoms with Gasteiger partial charge in [0.15, 0.2) is 0 Å². The number of aromatic nitrogens is 2. The number of carboxylic acid groups (broad SMARTS) is 1. The Hall–Kier alpha value is -1.47. The maximum atomic E-state index is 10.9. The molecule has 0 aliphatic rings. The summed E-state index contributed by atoms with van der Waals surface area (Å²) >= 11 is 6.48. The molecule has 0 amide bonds. The molecule has 5 nitrogen and oxygen atoms in total. The number of carboxylic acids is 1. The van der Waals surface area contributed by atoms with Gasteiger partial charge in [-0.25, -0.2) is 14.8 Å². The molecule has 2 rings (SSSR count). The molecule has 0 bridgehead atoms. The topological polar surface area (TPSA) is 72.3 Å². The van der Waals surface area contributed by atoms with Crippen LogP contribution in [0.25, 0.3) is 0 Å². The lowest BCUT2D eigenvalue weighted by Crippen LogP contribution is -1.98. The van der Waals surface area contributed by atoms with E-state index < -0.39 is 5.97 Å². The number of benzene rings is 1. The van der Waals surface area contributed by atoms with Gasteiger partial charge in [-0.2, -0.15) is 0 Å². The number of ether oxygens (including phenoxy) is 1. The summed E-state index contributed by atoms with van der Waals surface area (Å²) in [5, 5.41) is 8.89. The van der Waals surface area contributed by atoms with E-state index in [0.717, 1.165) is 4.47 Å².